The summed E-state index contributed by atoms with van der Waals surface area (Å²) in [7, 11) is 1.57. The van der Waals surface area contributed by atoms with Crippen LogP contribution < -0.4 is 0 Å². The molecule has 0 aromatic heterocycles. The minimum absolute atomic E-state index is 0.312. The smallest absolute Gasteiger partial charge is 0.386 e. The lowest BCUT2D eigenvalue weighted by atomic mass is 9.97. The van der Waals surface area contributed by atoms with Gasteiger partial charge in [0, 0.05) is 26.8 Å². The Balaban J connectivity index is 2.73. The summed E-state index contributed by atoms with van der Waals surface area (Å²) in [5.41, 5.74) is 0.312. The molecular weight excluding hydrogens is 206 g/mol. The van der Waals surface area contributed by atoms with Crippen molar-refractivity contribution in [1.29, 1.82) is 0 Å². The Labute approximate surface area is 95.1 Å². The molecule has 0 aromatic rings. The summed E-state index contributed by atoms with van der Waals surface area (Å²) in [6.07, 6.45) is 2.52. The van der Waals surface area contributed by atoms with E-state index in [0.29, 0.717) is 5.41 Å². The van der Waals surface area contributed by atoms with Crippen molar-refractivity contribution in [2.75, 3.05) is 27.3 Å². The van der Waals surface area contributed by atoms with Gasteiger partial charge in [-0.25, -0.2) is 0 Å². The molecule has 1 aliphatic heterocycles. The van der Waals surface area contributed by atoms with Crippen LogP contribution in [0, 0.1) is 5.41 Å². The van der Waals surface area contributed by atoms with Gasteiger partial charge in [-0.05, 0) is 24.8 Å². The zero-order valence-corrected chi connectivity index (χ0v) is 11.8. The van der Waals surface area contributed by atoms with Crippen molar-refractivity contribution in [3.63, 3.8) is 0 Å². The SMILES string of the molecule is CO[Si]1(OC)CCCCN1CC(C)(C)C. The maximum absolute atomic E-state index is 5.73. The molecule has 90 valence electrons. The molecule has 0 bridgehead atoms. The van der Waals surface area contributed by atoms with E-state index in [2.05, 4.69) is 25.3 Å². The lowest BCUT2D eigenvalue weighted by molar-refractivity contribution is 0.123. The van der Waals surface area contributed by atoms with Crippen LogP contribution in [0.3, 0.4) is 0 Å². The van der Waals surface area contributed by atoms with Crippen LogP contribution in [-0.2, 0) is 8.85 Å². The average molecular weight is 231 g/mol. The van der Waals surface area contributed by atoms with Gasteiger partial charge < -0.3 is 8.85 Å². The highest BCUT2D eigenvalue weighted by atomic mass is 28.4. The molecule has 0 amide bonds. The molecule has 4 heteroatoms. The van der Waals surface area contributed by atoms with E-state index in [9.17, 15) is 0 Å². The van der Waals surface area contributed by atoms with Crippen molar-refractivity contribution in [2.45, 2.75) is 39.7 Å². The van der Waals surface area contributed by atoms with Crippen LogP contribution in [-0.4, -0.2) is 40.6 Å². The first kappa shape index (κ1) is 13.2. The molecule has 1 aliphatic rings. The highest BCUT2D eigenvalue weighted by Gasteiger charge is 2.46. The van der Waals surface area contributed by atoms with Gasteiger partial charge in [-0.15, -0.1) is 0 Å². The molecule has 1 heterocycles. The van der Waals surface area contributed by atoms with Crippen LogP contribution in [0.2, 0.25) is 6.04 Å². The van der Waals surface area contributed by atoms with E-state index in [0.717, 1.165) is 19.1 Å². The van der Waals surface area contributed by atoms with Crippen molar-refractivity contribution >= 4 is 8.72 Å². The third kappa shape index (κ3) is 3.28. The van der Waals surface area contributed by atoms with Crippen molar-refractivity contribution in [1.82, 2.24) is 4.57 Å². The molecule has 0 unspecified atom stereocenters. The predicted octanol–water partition coefficient (Wildman–Crippen LogP) is 2.36. The fraction of sp³-hybridized carbons (Fsp3) is 1.00. The van der Waals surface area contributed by atoms with Crippen LogP contribution in [0.5, 0.6) is 0 Å². The second-order valence-electron chi connectivity index (χ2n) is 5.56. The van der Waals surface area contributed by atoms with Gasteiger partial charge in [0.15, 0.2) is 0 Å². The van der Waals surface area contributed by atoms with Gasteiger partial charge in [0.1, 0.15) is 0 Å². The highest BCUT2D eigenvalue weighted by Crippen LogP contribution is 2.29. The van der Waals surface area contributed by atoms with Gasteiger partial charge in [0.2, 0.25) is 0 Å². The Bertz CT molecular complexity index is 199. The molecule has 0 radical (unpaired) electrons. The minimum atomic E-state index is -2.04. The van der Waals surface area contributed by atoms with Crippen LogP contribution in [0.25, 0.3) is 0 Å². The molecule has 0 atom stereocenters. The Morgan fingerprint density at radius 2 is 1.73 bits per heavy atom. The standard InChI is InChI=1S/C11H25NO2Si/c1-11(2,3)10-12-8-6-7-9-15(12,13-4)14-5/h6-10H2,1-5H3. The zero-order chi connectivity index (χ0) is 11.5. The van der Waals surface area contributed by atoms with Crippen molar-refractivity contribution in [3.8, 4) is 0 Å². The predicted molar refractivity (Wildman–Crippen MR) is 64.8 cm³/mol. The number of rotatable bonds is 3. The topological polar surface area (TPSA) is 21.7 Å². The van der Waals surface area contributed by atoms with E-state index >= 15 is 0 Å². The third-order valence-corrected chi connectivity index (χ3v) is 6.56. The Morgan fingerprint density at radius 1 is 1.13 bits per heavy atom. The second kappa shape index (κ2) is 4.95. The monoisotopic (exact) mass is 231 g/mol. The fourth-order valence-electron chi connectivity index (χ4n) is 2.30. The van der Waals surface area contributed by atoms with Crippen LogP contribution >= 0.6 is 0 Å². The van der Waals surface area contributed by atoms with Crippen LogP contribution in [0.1, 0.15) is 33.6 Å². The summed E-state index contributed by atoms with van der Waals surface area (Å²) in [6, 6.07) is 1.11. The molecule has 0 spiro atoms. The normalized spacial score (nSPS) is 23.0. The third-order valence-electron chi connectivity index (χ3n) is 2.96. The Kier molecular flexibility index (Phi) is 4.35. The average Bonchev–Trinajstić information content (AvgIpc) is 2.17. The molecule has 3 nitrogen and oxygen atoms in total. The largest absolute Gasteiger partial charge is 0.427 e. The van der Waals surface area contributed by atoms with Gasteiger partial charge in [-0.1, -0.05) is 20.8 Å². The second-order valence-corrected chi connectivity index (χ2v) is 8.93. The van der Waals surface area contributed by atoms with E-state index < -0.39 is 8.72 Å². The Morgan fingerprint density at radius 3 is 2.20 bits per heavy atom. The number of hydrogen-bond donors (Lipinski definition) is 0. The summed E-state index contributed by atoms with van der Waals surface area (Å²) < 4.78 is 13.9. The first-order valence-electron chi connectivity index (χ1n) is 5.79. The summed E-state index contributed by atoms with van der Waals surface area (Å²) in [5, 5.41) is 0. The zero-order valence-electron chi connectivity index (χ0n) is 10.8. The molecule has 0 aliphatic carbocycles. The van der Waals surface area contributed by atoms with Gasteiger partial charge in [-0.2, -0.15) is 0 Å². The molecule has 1 rings (SSSR count). The maximum Gasteiger partial charge on any atom is 0.427 e. The van der Waals surface area contributed by atoms with E-state index in [1.165, 1.54) is 12.8 Å². The molecule has 0 aromatic carbocycles. The van der Waals surface area contributed by atoms with E-state index in [4.69, 9.17) is 8.85 Å². The van der Waals surface area contributed by atoms with Gasteiger partial charge in [-0.3, -0.25) is 4.57 Å². The minimum Gasteiger partial charge on any atom is -0.386 e. The number of nitrogens with zero attached hydrogens (tertiary/aromatic N) is 1. The molecule has 15 heavy (non-hydrogen) atoms. The Hall–Kier alpha value is 0.0969. The summed E-state index contributed by atoms with van der Waals surface area (Å²) in [5.74, 6) is 0. The van der Waals surface area contributed by atoms with Crippen molar-refractivity contribution < 1.29 is 8.85 Å². The van der Waals surface area contributed by atoms with E-state index in [-0.39, 0.29) is 0 Å². The fourth-order valence-corrected chi connectivity index (χ4v) is 5.62. The summed E-state index contributed by atoms with van der Waals surface area (Å²) in [4.78, 5) is 0. The highest BCUT2D eigenvalue weighted by molar-refractivity contribution is 6.64. The van der Waals surface area contributed by atoms with E-state index in [1.54, 1.807) is 14.2 Å². The van der Waals surface area contributed by atoms with Crippen LogP contribution in [0.15, 0.2) is 0 Å². The van der Waals surface area contributed by atoms with Gasteiger partial charge in [0.05, 0.1) is 0 Å². The lowest BCUT2D eigenvalue weighted by Crippen LogP contribution is -2.61. The molecular formula is C11H25NO2Si. The molecule has 0 saturated carbocycles. The first-order valence-corrected chi connectivity index (χ1v) is 7.76. The summed E-state index contributed by atoms with van der Waals surface area (Å²) in [6.45, 7) is 9.01. The summed E-state index contributed by atoms with van der Waals surface area (Å²) >= 11 is 0. The van der Waals surface area contributed by atoms with Crippen molar-refractivity contribution in [2.24, 2.45) is 5.41 Å². The maximum atomic E-state index is 5.73. The molecule has 1 saturated heterocycles. The quantitative estimate of drug-likeness (QED) is 0.696. The van der Waals surface area contributed by atoms with Gasteiger partial charge in [0.25, 0.3) is 0 Å². The first-order chi connectivity index (χ1) is 6.93. The van der Waals surface area contributed by atoms with Crippen molar-refractivity contribution in [3.05, 3.63) is 0 Å². The molecule has 0 N–H and O–H groups in total. The lowest BCUT2D eigenvalue weighted by Gasteiger charge is -2.44. The van der Waals surface area contributed by atoms with Crippen LogP contribution in [0.4, 0.5) is 0 Å². The van der Waals surface area contributed by atoms with Gasteiger partial charge >= 0.3 is 8.72 Å². The van der Waals surface area contributed by atoms with E-state index in [1.807, 2.05) is 0 Å². The number of hydrogen-bond acceptors (Lipinski definition) is 3. The molecule has 1 fully saturated rings.